The molecule has 0 amide bonds. The minimum absolute atomic E-state index is 0.0382. The predicted octanol–water partition coefficient (Wildman–Crippen LogP) is 2.15. The van der Waals surface area contributed by atoms with Crippen molar-refractivity contribution in [3.63, 3.8) is 0 Å². The number of hydrogen-bond donors (Lipinski definition) is 2. The lowest BCUT2D eigenvalue weighted by atomic mass is 10.2. The molecular weight excluding hydrogens is 356 g/mol. The van der Waals surface area contributed by atoms with E-state index in [9.17, 15) is 8.42 Å². The Hall–Kier alpha value is -1.51. The first-order valence-electron chi connectivity index (χ1n) is 6.32. The van der Waals surface area contributed by atoms with E-state index in [1.165, 1.54) is 12.4 Å². The van der Waals surface area contributed by atoms with E-state index in [1.807, 2.05) is 31.2 Å². The molecule has 0 saturated carbocycles. The summed E-state index contributed by atoms with van der Waals surface area (Å²) in [4.78, 5) is 7.95. The number of benzene rings is 1. The molecule has 112 valence electrons. The second kappa shape index (κ2) is 6.97. The van der Waals surface area contributed by atoms with Crippen LogP contribution in [-0.4, -0.2) is 24.9 Å². The molecule has 0 bridgehead atoms. The van der Waals surface area contributed by atoms with Crippen molar-refractivity contribution in [1.29, 1.82) is 0 Å². The quantitative estimate of drug-likeness (QED) is 0.813. The third-order valence-corrected chi connectivity index (χ3v) is 4.81. The fraction of sp³-hybridized carbons (Fsp3) is 0.231. The van der Waals surface area contributed by atoms with Gasteiger partial charge in [-0.25, -0.2) is 23.1 Å². The highest BCUT2D eigenvalue weighted by atomic mass is 79.9. The number of anilines is 1. The topological polar surface area (TPSA) is 84.0 Å². The van der Waals surface area contributed by atoms with Gasteiger partial charge in [-0.3, -0.25) is 0 Å². The Labute approximate surface area is 132 Å². The Bertz CT molecular complexity index is 704. The van der Waals surface area contributed by atoms with Crippen LogP contribution in [0.2, 0.25) is 0 Å². The van der Waals surface area contributed by atoms with Crippen molar-refractivity contribution in [3.05, 3.63) is 46.7 Å². The molecule has 6 nitrogen and oxygen atoms in total. The van der Waals surface area contributed by atoms with Crippen LogP contribution in [0.15, 0.2) is 46.0 Å². The molecule has 0 radical (unpaired) electrons. The summed E-state index contributed by atoms with van der Waals surface area (Å²) in [6.45, 7) is 2.78. The van der Waals surface area contributed by atoms with Crippen LogP contribution in [0.5, 0.6) is 0 Å². The zero-order valence-electron chi connectivity index (χ0n) is 11.4. The molecule has 0 unspecified atom stereocenters. The molecule has 0 saturated heterocycles. The third-order valence-electron chi connectivity index (χ3n) is 2.68. The molecule has 2 N–H and O–H groups in total. The first kappa shape index (κ1) is 15.9. The standard InChI is InChI=1S/C13H15BrN4O2S/c1-2-15-13-16-8-11(9-17-13)21(19,20)18-7-10-5-3-4-6-12(10)14/h3-6,8-9,18H,2,7H2,1H3,(H,15,16,17). The molecule has 0 aliphatic carbocycles. The summed E-state index contributed by atoms with van der Waals surface area (Å²) in [5.41, 5.74) is 0.853. The van der Waals surface area contributed by atoms with Crippen LogP contribution >= 0.6 is 15.9 Å². The number of nitrogens with one attached hydrogen (secondary N) is 2. The minimum atomic E-state index is -3.63. The smallest absolute Gasteiger partial charge is 0.243 e. The average Bonchev–Trinajstić information content (AvgIpc) is 2.47. The van der Waals surface area contributed by atoms with Gasteiger partial charge >= 0.3 is 0 Å². The van der Waals surface area contributed by atoms with E-state index in [-0.39, 0.29) is 11.4 Å². The molecule has 21 heavy (non-hydrogen) atoms. The highest BCUT2D eigenvalue weighted by molar-refractivity contribution is 9.10. The van der Waals surface area contributed by atoms with Crippen molar-refractivity contribution >= 4 is 31.9 Å². The van der Waals surface area contributed by atoms with E-state index >= 15 is 0 Å². The normalized spacial score (nSPS) is 11.3. The van der Waals surface area contributed by atoms with Crippen molar-refractivity contribution in [1.82, 2.24) is 14.7 Å². The number of nitrogens with zero attached hydrogens (tertiary/aromatic N) is 2. The molecule has 2 rings (SSSR count). The van der Waals surface area contributed by atoms with Crippen molar-refractivity contribution in [2.45, 2.75) is 18.4 Å². The molecule has 0 aliphatic heterocycles. The van der Waals surface area contributed by atoms with Crippen LogP contribution in [0, 0.1) is 0 Å². The Balaban J connectivity index is 2.09. The van der Waals surface area contributed by atoms with E-state index in [4.69, 9.17) is 0 Å². The van der Waals surface area contributed by atoms with Crippen LogP contribution in [-0.2, 0) is 16.6 Å². The molecule has 0 aliphatic rings. The summed E-state index contributed by atoms with van der Waals surface area (Å²) in [5.74, 6) is 0.405. The molecule has 0 atom stereocenters. The van der Waals surface area contributed by atoms with Gasteiger partial charge in [0, 0.05) is 17.6 Å². The van der Waals surface area contributed by atoms with Gasteiger partial charge < -0.3 is 5.32 Å². The first-order valence-corrected chi connectivity index (χ1v) is 8.59. The first-order chi connectivity index (χ1) is 10.0. The molecule has 2 aromatic rings. The number of rotatable bonds is 6. The van der Waals surface area contributed by atoms with Crippen molar-refractivity contribution in [2.24, 2.45) is 0 Å². The van der Waals surface area contributed by atoms with Crippen LogP contribution in [0.4, 0.5) is 5.95 Å². The molecule has 1 aromatic carbocycles. The highest BCUT2D eigenvalue weighted by Gasteiger charge is 2.15. The lowest BCUT2D eigenvalue weighted by molar-refractivity contribution is 0.580. The molecule has 0 fully saturated rings. The fourth-order valence-electron chi connectivity index (χ4n) is 1.60. The summed E-state index contributed by atoms with van der Waals surface area (Å²) < 4.78 is 27.7. The number of halogens is 1. The number of hydrogen-bond acceptors (Lipinski definition) is 5. The van der Waals surface area contributed by atoms with Crippen molar-refractivity contribution in [2.75, 3.05) is 11.9 Å². The van der Waals surface area contributed by atoms with E-state index < -0.39 is 10.0 Å². The maximum absolute atomic E-state index is 12.2. The van der Waals surface area contributed by atoms with E-state index in [1.54, 1.807) is 0 Å². The van der Waals surface area contributed by atoms with Gasteiger partial charge in [0.25, 0.3) is 0 Å². The SMILES string of the molecule is CCNc1ncc(S(=O)(=O)NCc2ccccc2Br)cn1. The Morgan fingerprint density at radius 1 is 1.19 bits per heavy atom. The predicted molar refractivity (Wildman–Crippen MR) is 84.4 cm³/mol. The monoisotopic (exact) mass is 370 g/mol. The average molecular weight is 371 g/mol. The molecule has 1 heterocycles. The second-order valence-electron chi connectivity index (χ2n) is 4.19. The van der Waals surface area contributed by atoms with Crippen LogP contribution in [0.3, 0.4) is 0 Å². The summed E-state index contributed by atoms with van der Waals surface area (Å²) in [5, 5.41) is 2.91. The molecule has 8 heteroatoms. The lowest BCUT2D eigenvalue weighted by Crippen LogP contribution is -2.23. The maximum Gasteiger partial charge on any atom is 0.243 e. The summed E-state index contributed by atoms with van der Waals surface area (Å²) >= 11 is 3.38. The number of sulfonamides is 1. The van der Waals surface area contributed by atoms with Crippen LogP contribution < -0.4 is 10.0 Å². The van der Waals surface area contributed by atoms with E-state index in [0.29, 0.717) is 12.5 Å². The van der Waals surface area contributed by atoms with Crippen LogP contribution in [0.1, 0.15) is 12.5 Å². The minimum Gasteiger partial charge on any atom is -0.355 e. The Kier molecular flexibility index (Phi) is 5.27. The summed E-state index contributed by atoms with van der Waals surface area (Å²) in [6, 6.07) is 7.42. The van der Waals surface area contributed by atoms with Crippen LogP contribution in [0.25, 0.3) is 0 Å². The Morgan fingerprint density at radius 2 is 1.86 bits per heavy atom. The third kappa shape index (κ3) is 4.23. The maximum atomic E-state index is 12.2. The number of aromatic nitrogens is 2. The van der Waals surface area contributed by atoms with Crippen molar-refractivity contribution < 1.29 is 8.42 Å². The Morgan fingerprint density at radius 3 is 2.48 bits per heavy atom. The largest absolute Gasteiger partial charge is 0.355 e. The van der Waals surface area contributed by atoms with Gasteiger partial charge in [0.05, 0.1) is 12.4 Å². The van der Waals surface area contributed by atoms with Gasteiger partial charge in [-0.15, -0.1) is 0 Å². The van der Waals surface area contributed by atoms with Gasteiger partial charge in [-0.1, -0.05) is 34.1 Å². The van der Waals surface area contributed by atoms with Gasteiger partial charge in [0.2, 0.25) is 16.0 Å². The highest BCUT2D eigenvalue weighted by Crippen LogP contribution is 2.16. The molecular formula is C13H15BrN4O2S. The second-order valence-corrected chi connectivity index (χ2v) is 6.81. The van der Waals surface area contributed by atoms with Gasteiger partial charge in [0.15, 0.2) is 0 Å². The lowest BCUT2D eigenvalue weighted by Gasteiger charge is -2.08. The summed E-state index contributed by atoms with van der Waals surface area (Å²) in [7, 11) is -3.63. The summed E-state index contributed by atoms with van der Waals surface area (Å²) in [6.07, 6.45) is 2.57. The van der Waals surface area contributed by atoms with E-state index in [0.717, 1.165) is 10.0 Å². The van der Waals surface area contributed by atoms with Gasteiger partial charge in [-0.2, -0.15) is 0 Å². The zero-order chi connectivity index (χ0) is 15.3. The van der Waals surface area contributed by atoms with E-state index in [2.05, 4.69) is 35.9 Å². The molecule has 0 spiro atoms. The van der Waals surface area contributed by atoms with Crippen molar-refractivity contribution in [3.8, 4) is 0 Å². The molecule has 1 aromatic heterocycles. The van der Waals surface area contributed by atoms with Gasteiger partial charge in [-0.05, 0) is 18.6 Å². The van der Waals surface area contributed by atoms with Gasteiger partial charge in [0.1, 0.15) is 4.90 Å². The zero-order valence-corrected chi connectivity index (χ0v) is 13.8. The fourth-order valence-corrected chi connectivity index (χ4v) is 2.92.